The van der Waals surface area contributed by atoms with Gasteiger partial charge in [0, 0.05) is 12.1 Å². The topological polar surface area (TPSA) is 127 Å². The molecule has 0 bridgehead atoms. The molecule has 0 N–H and O–H groups in total. The van der Waals surface area contributed by atoms with Crippen molar-refractivity contribution in [3.63, 3.8) is 0 Å². The van der Waals surface area contributed by atoms with Gasteiger partial charge in [-0.25, -0.2) is 0 Å². The van der Waals surface area contributed by atoms with Gasteiger partial charge in [0.25, 0.3) is 0 Å². The molecule has 0 unspecified atom stereocenters. The van der Waals surface area contributed by atoms with Crippen molar-refractivity contribution in [1.29, 1.82) is 21.0 Å². The Morgan fingerprint density at radius 3 is 1.39 bits per heavy atom. The van der Waals surface area contributed by atoms with E-state index in [0.717, 1.165) is 0 Å². The zero-order valence-corrected chi connectivity index (χ0v) is 14.2. The van der Waals surface area contributed by atoms with Gasteiger partial charge in [0.2, 0.25) is 11.8 Å². The number of hydrogen-bond acceptors (Lipinski definition) is 7. The van der Waals surface area contributed by atoms with Gasteiger partial charge in [-0.2, -0.15) is 26.0 Å². The fourth-order valence-corrected chi connectivity index (χ4v) is 2.30. The Morgan fingerprint density at radius 1 is 0.571 bits per heavy atom. The second-order valence-corrected chi connectivity index (χ2v) is 5.38. The number of nitriles is 4. The molecule has 2 aromatic carbocycles. The van der Waals surface area contributed by atoms with Gasteiger partial charge in [-0.05, 0) is 36.4 Å². The molecule has 0 saturated heterocycles. The predicted molar refractivity (Wildman–Crippen MR) is 96.1 cm³/mol. The Kier molecular flexibility index (Phi) is 5.14. The van der Waals surface area contributed by atoms with Crippen LogP contribution in [0.15, 0.2) is 54.6 Å². The molecule has 0 aliphatic carbocycles. The molecule has 3 rings (SSSR count). The zero-order chi connectivity index (χ0) is 19.9. The van der Waals surface area contributed by atoms with Crippen molar-refractivity contribution in [2.24, 2.45) is 0 Å². The molecular weight excluding hydrogens is 354 g/mol. The normalized spacial score (nSPS) is 9.29. The number of hydrogen-bond donors (Lipinski definition) is 0. The summed E-state index contributed by atoms with van der Waals surface area (Å²) in [7, 11) is 0. The van der Waals surface area contributed by atoms with Crippen molar-refractivity contribution in [3.05, 3.63) is 76.9 Å². The zero-order valence-electron chi connectivity index (χ0n) is 14.2. The van der Waals surface area contributed by atoms with E-state index in [9.17, 15) is 0 Å². The first kappa shape index (κ1) is 18.0. The van der Waals surface area contributed by atoms with Crippen LogP contribution in [0.3, 0.4) is 0 Å². The lowest BCUT2D eigenvalue weighted by molar-refractivity contribution is 0.426. The molecule has 0 saturated carbocycles. The van der Waals surface area contributed by atoms with Crippen molar-refractivity contribution in [1.82, 2.24) is 4.98 Å². The molecule has 0 spiro atoms. The first-order valence-corrected chi connectivity index (χ1v) is 7.88. The summed E-state index contributed by atoms with van der Waals surface area (Å²) in [5, 5.41) is 36.1. The summed E-state index contributed by atoms with van der Waals surface area (Å²) in [5.74, 6) is 1.15. The van der Waals surface area contributed by atoms with Crippen LogP contribution in [0.5, 0.6) is 23.3 Å². The molecule has 0 radical (unpaired) electrons. The van der Waals surface area contributed by atoms with Crippen LogP contribution in [0.25, 0.3) is 0 Å². The number of nitrogens with zero attached hydrogens (tertiary/aromatic N) is 5. The van der Waals surface area contributed by atoms with E-state index in [2.05, 4.69) is 4.98 Å². The molecule has 1 heterocycles. The molecule has 0 aliphatic rings. The molecule has 7 heteroatoms. The molecular formula is C21H9N5O2. The van der Waals surface area contributed by atoms with E-state index in [1.807, 2.05) is 24.3 Å². The van der Waals surface area contributed by atoms with Crippen molar-refractivity contribution in [2.45, 2.75) is 0 Å². The minimum atomic E-state index is 0.203. The first-order valence-electron chi connectivity index (χ1n) is 7.88. The van der Waals surface area contributed by atoms with E-state index in [1.54, 1.807) is 30.3 Å². The highest BCUT2D eigenvalue weighted by atomic mass is 16.5. The van der Waals surface area contributed by atoms with Crippen molar-refractivity contribution in [3.8, 4) is 47.5 Å². The van der Waals surface area contributed by atoms with Gasteiger partial charge in [-0.15, -0.1) is 0 Å². The highest BCUT2D eigenvalue weighted by molar-refractivity contribution is 5.51. The Morgan fingerprint density at radius 2 is 1.00 bits per heavy atom. The third-order valence-electron chi connectivity index (χ3n) is 3.61. The molecule has 7 nitrogen and oxygen atoms in total. The lowest BCUT2D eigenvalue weighted by Crippen LogP contribution is -1.94. The van der Waals surface area contributed by atoms with E-state index in [-0.39, 0.29) is 34.0 Å². The van der Waals surface area contributed by atoms with Crippen LogP contribution in [-0.2, 0) is 0 Å². The number of aromatic nitrogens is 1. The van der Waals surface area contributed by atoms with Crippen LogP contribution in [-0.4, -0.2) is 4.98 Å². The van der Waals surface area contributed by atoms with Crippen LogP contribution in [0.1, 0.15) is 22.3 Å². The number of rotatable bonds is 4. The second-order valence-electron chi connectivity index (χ2n) is 5.38. The van der Waals surface area contributed by atoms with Crippen molar-refractivity contribution < 1.29 is 9.47 Å². The molecule has 3 aromatic rings. The fourth-order valence-electron chi connectivity index (χ4n) is 2.30. The summed E-state index contributed by atoms with van der Waals surface area (Å²) < 4.78 is 11.3. The van der Waals surface area contributed by atoms with Crippen LogP contribution in [0.4, 0.5) is 0 Å². The molecule has 0 fully saturated rings. The maximum atomic E-state index is 9.09. The smallest absolute Gasteiger partial charge is 0.222 e. The van der Waals surface area contributed by atoms with Crippen molar-refractivity contribution >= 4 is 0 Å². The van der Waals surface area contributed by atoms with E-state index in [0.29, 0.717) is 11.5 Å². The molecule has 28 heavy (non-hydrogen) atoms. The lowest BCUT2D eigenvalue weighted by Gasteiger charge is -2.09. The number of benzene rings is 2. The van der Waals surface area contributed by atoms with Gasteiger partial charge in [-0.3, -0.25) is 0 Å². The number of ether oxygens (including phenoxy) is 2. The molecule has 0 atom stereocenters. The molecule has 130 valence electrons. The van der Waals surface area contributed by atoms with E-state index in [1.165, 1.54) is 24.3 Å². The minimum Gasteiger partial charge on any atom is -0.439 e. The molecule has 0 amide bonds. The van der Waals surface area contributed by atoms with Gasteiger partial charge in [-0.1, -0.05) is 6.07 Å². The van der Waals surface area contributed by atoms with Crippen molar-refractivity contribution in [2.75, 3.05) is 0 Å². The maximum absolute atomic E-state index is 9.09. The minimum absolute atomic E-state index is 0.203. The summed E-state index contributed by atoms with van der Waals surface area (Å²) >= 11 is 0. The Bertz CT molecular complexity index is 1130. The van der Waals surface area contributed by atoms with Crippen LogP contribution >= 0.6 is 0 Å². The quantitative estimate of drug-likeness (QED) is 0.681. The van der Waals surface area contributed by atoms with Crippen LogP contribution in [0, 0.1) is 45.3 Å². The van der Waals surface area contributed by atoms with Gasteiger partial charge in [0.05, 0.1) is 22.3 Å². The molecule has 0 aliphatic heterocycles. The second kappa shape index (κ2) is 8.02. The number of pyridine rings is 1. The lowest BCUT2D eigenvalue weighted by atomic mass is 10.1. The van der Waals surface area contributed by atoms with Crippen LogP contribution in [0.2, 0.25) is 0 Å². The highest BCUT2D eigenvalue weighted by Crippen LogP contribution is 2.27. The summed E-state index contributed by atoms with van der Waals surface area (Å²) in [6.07, 6.45) is 0. The Labute approximate surface area is 160 Å². The summed E-state index contributed by atoms with van der Waals surface area (Å²) in [5.41, 5.74) is 0.922. The van der Waals surface area contributed by atoms with E-state index in [4.69, 9.17) is 30.5 Å². The van der Waals surface area contributed by atoms with Gasteiger partial charge < -0.3 is 9.47 Å². The third-order valence-corrected chi connectivity index (χ3v) is 3.61. The average molecular weight is 363 g/mol. The summed E-state index contributed by atoms with van der Waals surface area (Å²) in [6.45, 7) is 0. The largest absolute Gasteiger partial charge is 0.439 e. The monoisotopic (exact) mass is 363 g/mol. The maximum Gasteiger partial charge on any atom is 0.222 e. The van der Waals surface area contributed by atoms with Gasteiger partial charge >= 0.3 is 0 Å². The average Bonchev–Trinajstić information content (AvgIpc) is 2.73. The van der Waals surface area contributed by atoms with E-state index >= 15 is 0 Å². The highest BCUT2D eigenvalue weighted by Gasteiger charge is 2.08. The Hall–Kier alpha value is -4.85. The summed E-state index contributed by atoms with van der Waals surface area (Å²) in [4.78, 5) is 4.22. The van der Waals surface area contributed by atoms with Crippen LogP contribution < -0.4 is 9.47 Å². The SMILES string of the molecule is N#Cc1ccc(Oc2cccc(Oc3ccc(C#N)c(C#N)c3)n2)cc1C#N. The fraction of sp³-hybridized carbons (Fsp3) is 0. The predicted octanol–water partition coefficient (Wildman–Crippen LogP) is 4.15. The molecule has 1 aromatic heterocycles. The van der Waals surface area contributed by atoms with E-state index < -0.39 is 0 Å². The van der Waals surface area contributed by atoms with Gasteiger partial charge in [0.15, 0.2) is 0 Å². The van der Waals surface area contributed by atoms with Gasteiger partial charge in [0.1, 0.15) is 35.8 Å². The standard InChI is InChI=1S/C21H9N5O2/c22-10-14-4-6-18(8-16(14)12-24)27-20-2-1-3-21(26-20)28-19-7-5-15(11-23)17(9-19)13-25/h1-9H. The third kappa shape index (κ3) is 3.86. The Balaban J connectivity index is 1.82. The summed E-state index contributed by atoms with van der Waals surface area (Å²) in [6, 6.07) is 21.7. The first-order chi connectivity index (χ1) is 13.7.